The number of carbonyl (C=O) groups is 1. The minimum atomic E-state index is 0.0758. The second-order valence-electron chi connectivity index (χ2n) is 4.68. The molecule has 0 spiro atoms. The number of amides is 1. The average molecular weight is 282 g/mol. The van der Waals surface area contributed by atoms with E-state index in [1.54, 1.807) is 0 Å². The first-order valence-electron chi connectivity index (χ1n) is 6.71. The summed E-state index contributed by atoms with van der Waals surface area (Å²) in [4.78, 5) is 13.8. The van der Waals surface area contributed by atoms with Gasteiger partial charge in [-0.15, -0.1) is 0 Å². The van der Waals surface area contributed by atoms with Crippen molar-refractivity contribution in [3.8, 4) is 0 Å². The van der Waals surface area contributed by atoms with Gasteiger partial charge in [-0.3, -0.25) is 4.79 Å². The molecule has 1 aromatic rings. The molecule has 1 aromatic carbocycles. The van der Waals surface area contributed by atoms with Crippen LogP contribution in [-0.4, -0.2) is 32.1 Å². The van der Waals surface area contributed by atoms with E-state index in [9.17, 15) is 4.79 Å². The first kappa shape index (κ1) is 14.2. The highest BCUT2D eigenvalue weighted by Crippen LogP contribution is 2.25. The van der Waals surface area contributed by atoms with E-state index >= 15 is 0 Å². The number of anilines is 1. The van der Waals surface area contributed by atoms with Gasteiger partial charge in [-0.2, -0.15) is 0 Å². The summed E-state index contributed by atoms with van der Waals surface area (Å²) in [5, 5.41) is 6.92. The zero-order valence-corrected chi connectivity index (χ0v) is 12.0. The maximum Gasteiger partial charge on any atom is 0.239 e. The fourth-order valence-electron chi connectivity index (χ4n) is 2.25. The molecule has 0 bridgehead atoms. The first-order chi connectivity index (χ1) is 9.20. The molecule has 1 fully saturated rings. The lowest BCUT2D eigenvalue weighted by Gasteiger charge is -2.24. The fourth-order valence-corrected chi connectivity index (χ4v) is 2.42. The van der Waals surface area contributed by atoms with Crippen LogP contribution in [0.25, 0.3) is 0 Å². The Morgan fingerprint density at radius 1 is 1.47 bits per heavy atom. The molecule has 19 heavy (non-hydrogen) atoms. The van der Waals surface area contributed by atoms with Crippen LogP contribution in [0.2, 0.25) is 5.02 Å². The van der Waals surface area contributed by atoms with Gasteiger partial charge in [0.25, 0.3) is 0 Å². The second-order valence-corrected chi connectivity index (χ2v) is 5.11. The van der Waals surface area contributed by atoms with Crippen molar-refractivity contribution >= 4 is 23.2 Å². The molecule has 0 aromatic heterocycles. The van der Waals surface area contributed by atoms with Gasteiger partial charge >= 0.3 is 0 Å². The van der Waals surface area contributed by atoms with Gasteiger partial charge in [0.15, 0.2) is 0 Å². The van der Waals surface area contributed by atoms with Crippen molar-refractivity contribution in [1.29, 1.82) is 0 Å². The summed E-state index contributed by atoms with van der Waals surface area (Å²) in [7, 11) is 0. The van der Waals surface area contributed by atoms with E-state index in [1.807, 2.05) is 18.2 Å². The van der Waals surface area contributed by atoms with Gasteiger partial charge in [0.1, 0.15) is 0 Å². The lowest BCUT2D eigenvalue weighted by Crippen LogP contribution is -2.33. The Balaban J connectivity index is 2.24. The molecule has 104 valence electrons. The number of carbonyl (C=O) groups excluding carboxylic acids is 1. The molecule has 2 rings (SSSR count). The van der Waals surface area contributed by atoms with E-state index in [0.717, 1.165) is 38.3 Å². The van der Waals surface area contributed by atoms with Crippen LogP contribution in [0.1, 0.15) is 18.9 Å². The molecule has 2 N–H and O–H groups in total. The molecule has 0 saturated carbocycles. The highest BCUT2D eigenvalue weighted by molar-refractivity contribution is 6.30. The number of rotatable bonds is 4. The highest BCUT2D eigenvalue weighted by atomic mass is 35.5. The average Bonchev–Trinajstić information content (AvgIpc) is 2.62. The number of nitrogens with zero attached hydrogens (tertiary/aromatic N) is 1. The summed E-state index contributed by atoms with van der Waals surface area (Å²) in [5.41, 5.74) is 2.24. The molecule has 1 amide bonds. The number of benzene rings is 1. The SMILES string of the molecule is CCNCc1ccc(Cl)cc1N1CCCNC(=O)C1. The predicted molar refractivity (Wildman–Crippen MR) is 78.7 cm³/mol. The molecule has 1 saturated heterocycles. The van der Waals surface area contributed by atoms with Crippen molar-refractivity contribution in [1.82, 2.24) is 10.6 Å². The van der Waals surface area contributed by atoms with Gasteiger partial charge in [-0.05, 0) is 30.7 Å². The van der Waals surface area contributed by atoms with Crippen molar-refractivity contribution in [2.75, 3.05) is 31.1 Å². The molecule has 1 aliphatic rings. The van der Waals surface area contributed by atoms with E-state index in [1.165, 1.54) is 5.56 Å². The summed E-state index contributed by atoms with van der Waals surface area (Å²) in [6.45, 7) is 5.81. The monoisotopic (exact) mass is 281 g/mol. The summed E-state index contributed by atoms with van der Waals surface area (Å²) in [5.74, 6) is 0.0758. The third-order valence-corrected chi connectivity index (χ3v) is 3.45. The van der Waals surface area contributed by atoms with E-state index in [4.69, 9.17) is 11.6 Å². The van der Waals surface area contributed by atoms with Crippen LogP contribution < -0.4 is 15.5 Å². The molecule has 1 aliphatic heterocycles. The van der Waals surface area contributed by atoms with E-state index < -0.39 is 0 Å². The zero-order chi connectivity index (χ0) is 13.7. The Hall–Kier alpha value is -1.26. The summed E-state index contributed by atoms with van der Waals surface area (Å²) >= 11 is 6.10. The summed E-state index contributed by atoms with van der Waals surface area (Å²) in [6.07, 6.45) is 0.957. The molecule has 1 heterocycles. The molecule has 5 heteroatoms. The van der Waals surface area contributed by atoms with Gasteiger partial charge < -0.3 is 15.5 Å². The Kier molecular flexibility index (Phi) is 5.05. The topological polar surface area (TPSA) is 44.4 Å². The maximum absolute atomic E-state index is 11.7. The van der Waals surface area contributed by atoms with Gasteiger partial charge in [-0.1, -0.05) is 24.6 Å². The largest absolute Gasteiger partial charge is 0.362 e. The molecule has 0 unspecified atom stereocenters. The van der Waals surface area contributed by atoms with E-state index in [2.05, 4.69) is 22.5 Å². The molecule has 0 radical (unpaired) electrons. The third-order valence-electron chi connectivity index (χ3n) is 3.21. The van der Waals surface area contributed by atoms with Gasteiger partial charge in [0.2, 0.25) is 5.91 Å². The van der Waals surface area contributed by atoms with Crippen molar-refractivity contribution in [3.05, 3.63) is 28.8 Å². The number of halogens is 1. The van der Waals surface area contributed by atoms with Crippen LogP contribution in [0, 0.1) is 0 Å². The van der Waals surface area contributed by atoms with E-state index in [-0.39, 0.29) is 5.91 Å². The lowest BCUT2D eigenvalue weighted by molar-refractivity contribution is -0.119. The summed E-state index contributed by atoms with van der Waals surface area (Å²) in [6, 6.07) is 5.88. The number of hydrogen-bond donors (Lipinski definition) is 2. The minimum absolute atomic E-state index is 0.0758. The maximum atomic E-state index is 11.7. The molecule has 0 atom stereocenters. The fraction of sp³-hybridized carbons (Fsp3) is 0.500. The number of hydrogen-bond acceptors (Lipinski definition) is 3. The minimum Gasteiger partial charge on any atom is -0.362 e. The van der Waals surface area contributed by atoms with Crippen LogP contribution in [0.5, 0.6) is 0 Å². The van der Waals surface area contributed by atoms with Gasteiger partial charge in [-0.25, -0.2) is 0 Å². The second kappa shape index (κ2) is 6.78. The molecule has 0 aliphatic carbocycles. The van der Waals surface area contributed by atoms with Crippen molar-refractivity contribution < 1.29 is 4.79 Å². The quantitative estimate of drug-likeness (QED) is 0.884. The van der Waals surface area contributed by atoms with Crippen molar-refractivity contribution in [2.24, 2.45) is 0 Å². The Bertz CT molecular complexity index is 450. The lowest BCUT2D eigenvalue weighted by atomic mass is 10.1. The van der Waals surface area contributed by atoms with Crippen LogP contribution in [0.4, 0.5) is 5.69 Å². The van der Waals surface area contributed by atoms with E-state index in [0.29, 0.717) is 11.6 Å². The van der Waals surface area contributed by atoms with Crippen molar-refractivity contribution in [3.63, 3.8) is 0 Å². The Labute approximate surface area is 119 Å². The highest BCUT2D eigenvalue weighted by Gasteiger charge is 2.17. The number of nitrogens with one attached hydrogen (secondary N) is 2. The zero-order valence-electron chi connectivity index (χ0n) is 11.2. The Morgan fingerprint density at radius 2 is 2.32 bits per heavy atom. The van der Waals surface area contributed by atoms with Crippen molar-refractivity contribution in [2.45, 2.75) is 19.9 Å². The standard InChI is InChI=1S/C14H20ClN3O/c1-2-16-9-11-4-5-12(15)8-13(11)18-7-3-6-17-14(19)10-18/h4-5,8,16H,2-3,6-7,9-10H2,1H3,(H,17,19). The van der Waals surface area contributed by atoms with Crippen LogP contribution in [0.15, 0.2) is 18.2 Å². The molecular weight excluding hydrogens is 262 g/mol. The van der Waals surface area contributed by atoms with Crippen LogP contribution in [0.3, 0.4) is 0 Å². The smallest absolute Gasteiger partial charge is 0.239 e. The first-order valence-corrected chi connectivity index (χ1v) is 7.09. The van der Waals surface area contributed by atoms with Gasteiger partial charge in [0.05, 0.1) is 6.54 Å². The van der Waals surface area contributed by atoms with Gasteiger partial charge in [0, 0.05) is 30.3 Å². The molecular formula is C14H20ClN3O. The molecule has 4 nitrogen and oxygen atoms in total. The third kappa shape index (κ3) is 3.85. The normalized spacial score (nSPS) is 16.1. The van der Waals surface area contributed by atoms with Crippen LogP contribution in [-0.2, 0) is 11.3 Å². The summed E-state index contributed by atoms with van der Waals surface area (Å²) < 4.78 is 0. The predicted octanol–water partition coefficient (Wildman–Crippen LogP) is 1.78. The van der Waals surface area contributed by atoms with Crippen LogP contribution >= 0.6 is 11.6 Å². The Morgan fingerprint density at radius 3 is 3.11 bits per heavy atom.